The van der Waals surface area contributed by atoms with Crippen molar-refractivity contribution in [1.29, 1.82) is 0 Å². The molecule has 10 heteroatoms. The van der Waals surface area contributed by atoms with Crippen molar-refractivity contribution in [1.82, 2.24) is 14.8 Å². The van der Waals surface area contributed by atoms with Gasteiger partial charge < -0.3 is 10.1 Å². The van der Waals surface area contributed by atoms with E-state index in [0.717, 1.165) is 0 Å². The van der Waals surface area contributed by atoms with Gasteiger partial charge in [-0.1, -0.05) is 58.7 Å². The van der Waals surface area contributed by atoms with Crippen LogP contribution in [0.15, 0.2) is 60.3 Å². The molecule has 0 aliphatic rings. The maximum absolute atomic E-state index is 12.4. The van der Waals surface area contributed by atoms with E-state index in [4.69, 9.17) is 39.5 Å². The van der Waals surface area contributed by atoms with Crippen molar-refractivity contribution in [2.45, 2.75) is 24.7 Å². The van der Waals surface area contributed by atoms with Gasteiger partial charge in [0, 0.05) is 27.3 Å². The van der Waals surface area contributed by atoms with Gasteiger partial charge in [0.05, 0.1) is 5.75 Å². The van der Waals surface area contributed by atoms with Crippen molar-refractivity contribution < 1.29 is 9.53 Å². The van der Waals surface area contributed by atoms with Gasteiger partial charge in [-0.25, -0.2) is 0 Å². The van der Waals surface area contributed by atoms with E-state index in [1.54, 1.807) is 36.4 Å². The van der Waals surface area contributed by atoms with E-state index in [1.807, 2.05) is 23.6 Å². The first kappa shape index (κ1) is 23.5. The first-order chi connectivity index (χ1) is 14.9. The number of nitrogens with one attached hydrogen (secondary N) is 1. The number of thioether (sulfide) groups is 1. The summed E-state index contributed by atoms with van der Waals surface area (Å²) in [5.41, 5.74) is 0.528. The number of ether oxygens (including phenoxy) is 1. The molecule has 1 atom stereocenters. The molecular formula is C21H19Cl3N4O2S. The molecule has 3 aromatic rings. The standard InChI is InChI=1S/C21H19Cl3N4O2S/c1-3-7-28-20(13(2)30-18-6-4-5-14(22)11-18)26-27-21(28)31-12-19(29)25-17-9-15(23)8-16(24)10-17/h3-6,8-11,13H,1,7,12H2,2H3,(H,25,29). The average molecular weight is 498 g/mol. The van der Waals surface area contributed by atoms with Gasteiger partial charge in [0.1, 0.15) is 5.75 Å². The molecule has 0 fully saturated rings. The molecule has 0 aliphatic carbocycles. The van der Waals surface area contributed by atoms with Gasteiger partial charge in [-0.15, -0.1) is 16.8 Å². The van der Waals surface area contributed by atoms with Gasteiger partial charge in [-0.3, -0.25) is 9.36 Å². The minimum Gasteiger partial charge on any atom is -0.483 e. The summed E-state index contributed by atoms with van der Waals surface area (Å²) in [6, 6.07) is 12.0. The molecule has 1 aromatic heterocycles. The summed E-state index contributed by atoms with van der Waals surface area (Å²) in [6.07, 6.45) is 1.35. The molecule has 1 heterocycles. The van der Waals surface area contributed by atoms with Gasteiger partial charge in [-0.2, -0.15) is 0 Å². The number of hydrogen-bond donors (Lipinski definition) is 1. The van der Waals surface area contributed by atoms with E-state index in [9.17, 15) is 4.79 Å². The van der Waals surface area contributed by atoms with Crippen molar-refractivity contribution in [2.24, 2.45) is 0 Å². The SMILES string of the molecule is C=CCn1c(SCC(=O)Nc2cc(Cl)cc(Cl)c2)nnc1C(C)Oc1cccc(Cl)c1. The highest BCUT2D eigenvalue weighted by molar-refractivity contribution is 7.99. The summed E-state index contributed by atoms with van der Waals surface area (Å²) in [5.74, 6) is 1.15. The Balaban J connectivity index is 1.68. The predicted octanol–water partition coefficient (Wildman–Crippen LogP) is 6.30. The lowest BCUT2D eigenvalue weighted by Crippen LogP contribution is -2.15. The van der Waals surface area contributed by atoms with Crippen LogP contribution in [0.2, 0.25) is 15.1 Å². The molecule has 0 saturated heterocycles. The second kappa shape index (κ2) is 10.9. The van der Waals surface area contributed by atoms with Crippen LogP contribution in [0.4, 0.5) is 5.69 Å². The third-order valence-corrected chi connectivity index (χ3v) is 5.65. The fourth-order valence-electron chi connectivity index (χ4n) is 2.76. The number of nitrogens with zero attached hydrogens (tertiary/aromatic N) is 3. The number of hydrogen-bond acceptors (Lipinski definition) is 5. The number of anilines is 1. The molecule has 0 spiro atoms. The molecule has 1 unspecified atom stereocenters. The molecule has 0 saturated carbocycles. The fourth-order valence-corrected chi connectivity index (χ4v) is 4.22. The molecule has 162 valence electrons. The predicted molar refractivity (Wildman–Crippen MR) is 127 cm³/mol. The summed E-state index contributed by atoms with van der Waals surface area (Å²) in [5, 5.41) is 13.3. The van der Waals surface area contributed by atoms with Crippen LogP contribution in [0.1, 0.15) is 18.9 Å². The Bertz CT molecular complexity index is 1070. The first-order valence-electron chi connectivity index (χ1n) is 9.20. The van der Waals surface area contributed by atoms with Crippen molar-refractivity contribution >= 4 is 58.2 Å². The van der Waals surface area contributed by atoms with E-state index in [1.165, 1.54) is 11.8 Å². The van der Waals surface area contributed by atoms with Gasteiger partial charge in [0.2, 0.25) is 5.91 Å². The summed E-state index contributed by atoms with van der Waals surface area (Å²) < 4.78 is 7.81. The van der Waals surface area contributed by atoms with Gasteiger partial charge in [0.25, 0.3) is 0 Å². The van der Waals surface area contributed by atoms with Crippen LogP contribution < -0.4 is 10.1 Å². The third kappa shape index (κ3) is 6.64. The van der Waals surface area contributed by atoms with Crippen LogP contribution in [0, 0.1) is 0 Å². The Morgan fingerprint density at radius 1 is 1.19 bits per heavy atom. The van der Waals surface area contributed by atoms with Gasteiger partial charge in [-0.05, 0) is 43.3 Å². The second-order valence-corrected chi connectivity index (χ2v) is 8.70. The Labute approximate surface area is 199 Å². The maximum atomic E-state index is 12.4. The van der Waals surface area contributed by atoms with E-state index < -0.39 is 0 Å². The Morgan fingerprint density at radius 2 is 1.94 bits per heavy atom. The highest BCUT2D eigenvalue weighted by atomic mass is 35.5. The molecule has 3 rings (SSSR count). The van der Waals surface area contributed by atoms with Crippen LogP contribution >= 0.6 is 46.6 Å². The Morgan fingerprint density at radius 3 is 2.61 bits per heavy atom. The van der Waals surface area contributed by atoms with E-state index >= 15 is 0 Å². The Hall–Kier alpha value is -2.19. The van der Waals surface area contributed by atoms with Crippen LogP contribution in [-0.4, -0.2) is 26.4 Å². The molecule has 6 nitrogen and oxygen atoms in total. The largest absolute Gasteiger partial charge is 0.483 e. The molecule has 31 heavy (non-hydrogen) atoms. The molecular weight excluding hydrogens is 479 g/mol. The highest BCUT2D eigenvalue weighted by Gasteiger charge is 2.20. The molecule has 0 aliphatic heterocycles. The van der Waals surface area contributed by atoms with Crippen LogP contribution in [0.3, 0.4) is 0 Å². The number of carbonyl (C=O) groups is 1. The molecule has 0 bridgehead atoms. The average Bonchev–Trinajstić information content (AvgIpc) is 3.08. The zero-order valence-electron chi connectivity index (χ0n) is 16.5. The maximum Gasteiger partial charge on any atom is 0.234 e. The van der Waals surface area contributed by atoms with Crippen molar-refractivity contribution in [3.8, 4) is 5.75 Å². The summed E-state index contributed by atoms with van der Waals surface area (Å²) in [7, 11) is 0. The first-order valence-corrected chi connectivity index (χ1v) is 11.3. The number of carbonyl (C=O) groups excluding carboxylic acids is 1. The van der Waals surface area contributed by atoms with E-state index in [0.29, 0.717) is 44.0 Å². The van der Waals surface area contributed by atoms with Crippen molar-refractivity contribution in [2.75, 3.05) is 11.1 Å². The lowest BCUT2D eigenvalue weighted by molar-refractivity contribution is -0.113. The normalized spacial score (nSPS) is 11.7. The minimum atomic E-state index is -0.386. The number of halogens is 3. The second-order valence-electron chi connectivity index (χ2n) is 6.45. The zero-order chi connectivity index (χ0) is 22.4. The highest BCUT2D eigenvalue weighted by Crippen LogP contribution is 2.27. The fraction of sp³-hybridized carbons (Fsp3) is 0.190. The summed E-state index contributed by atoms with van der Waals surface area (Å²) >= 11 is 19.2. The van der Waals surface area contributed by atoms with Crippen molar-refractivity contribution in [3.05, 3.63) is 76.0 Å². The number of allylic oxidation sites excluding steroid dienone is 1. The lowest BCUT2D eigenvalue weighted by atomic mass is 10.3. The number of amides is 1. The number of benzene rings is 2. The van der Waals surface area contributed by atoms with Gasteiger partial charge >= 0.3 is 0 Å². The zero-order valence-corrected chi connectivity index (χ0v) is 19.6. The van der Waals surface area contributed by atoms with Crippen LogP contribution in [-0.2, 0) is 11.3 Å². The third-order valence-electron chi connectivity index (χ3n) is 4.01. The monoisotopic (exact) mass is 496 g/mol. The number of rotatable bonds is 9. The van der Waals surface area contributed by atoms with E-state index in [2.05, 4.69) is 22.1 Å². The summed E-state index contributed by atoms with van der Waals surface area (Å²) in [4.78, 5) is 12.4. The minimum absolute atomic E-state index is 0.128. The summed E-state index contributed by atoms with van der Waals surface area (Å²) in [6.45, 7) is 6.13. The lowest BCUT2D eigenvalue weighted by Gasteiger charge is -2.16. The quantitative estimate of drug-likeness (QED) is 0.278. The molecule has 2 aromatic carbocycles. The van der Waals surface area contributed by atoms with E-state index in [-0.39, 0.29) is 17.8 Å². The molecule has 1 N–H and O–H groups in total. The van der Waals surface area contributed by atoms with Gasteiger partial charge in [0.15, 0.2) is 17.1 Å². The molecule has 1 amide bonds. The smallest absolute Gasteiger partial charge is 0.234 e. The van der Waals surface area contributed by atoms with Crippen LogP contribution in [0.25, 0.3) is 0 Å². The van der Waals surface area contributed by atoms with Crippen LogP contribution in [0.5, 0.6) is 5.75 Å². The number of aromatic nitrogens is 3. The van der Waals surface area contributed by atoms with Crippen molar-refractivity contribution in [3.63, 3.8) is 0 Å². The topological polar surface area (TPSA) is 69.0 Å². The Kier molecular flexibility index (Phi) is 8.26. The molecule has 0 radical (unpaired) electrons.